The number of nitrogens with zero attached hydrogens (tertiary/aromatic N) is 3. The molecule has 0 radical (unpaired) electrons. The van der Waals surface area contributed by atoms with Gasteiger partial charge in [0, 0.05) is 12.7 Å². The summed E-state index contributed by atoms with van der Waals surface area (Å²) in [7, 11) is -3.49. The maximum absolute atomic E-state index is 12.2. The first-order valence-electron chi connectivity index (χ1n) is 6.57. The third-order valence-electron chi connectivity index (χ3n) is 2.67. The van der Waals surface area contributed by atoms with Crippen molar-refractivity contribution in [2.24, 2.45) is 5.92 Å². The molecule has 0 atom stereocenters. The van der Waals surface area contributed by atoms with Crippen LogP contribution in [0.25, 0.3) is 0 Å². The smallest absolute Gasteiger partial charge is 0.270 e. The van der Waals surface area contributed by atoms with Crippen LogP contribution in [0.2, 0.25) is 0 Å². The number of nitrogens with one attached hydrogen (secondary N) is 2. The fourth-order valence-electron chi connectivity index (χ4n) is 1.73. The molecule has 120 valence electrons. The van der Waals surface area contributed by atoms with Gasteiger partial charge >= 0.3 is 0 Å². The molecule has 0 unspecified atom stereocenters. The average Bonchev–Trinajstić information content (AvgIpc) is 2.94. The standard InChI is InChI=1S/C12H17N5O3S2/c1-6(2)5-8-13-7(3)9(21-8)10(18)14-11-15-12(17-16-11)22(4,19)20/h6H,5H2,1-4H3,(H2,14,15,16,17,18). The highest BCUT2D eigenvalue weighted by molar-refractivity contribution is 7.90. The number of anilines is 1. The predicted molar refractivity (Wildman–Crippen MR) is 82.8 cm³/mol. The third kappa shape index (κ3) is 3.89. The highest BCUT2D eigenvalue weighted by Crippen LogP contribution is 2.21. The van der Waals surface area contributed by atoms with Gasteiger partial charge in [-0.15, -0.1) is 16.4 Å². The molecule has 10 heteroatoms. The van der Waals surface area contributed by atoms with Gasteiger partial charge in [-0.2, -0.15) is 4.98 Å². The first kappa shape index (κ1) is 16.6. The molecule has 0 saturated carbocycles. The van der Waals surface area contributed by atoms with Crippen molar-refractivity contribution in [1.82, 2.24) is 20.2 Å². The van der Waals surface area contributed by atoms with Crippen LogP contribution in [0.3, 0.4) is 0 Å². The zero-order chi connectivity index (χ0) is 16.5. The molecule has 2 aromatic rings. The minimum absolute atomic E-state index is 0.0800. The van der Waals surface area contributed by atoms with Crippen molar-refractivity contribution in [3.8, 4) is 0 Å². The summed E-state index contributed by atoms with van der Waals surface area (Å²) in [5, 5.41) is 9.02. The second kappa shape index (κ2) is 6.13. The first-order chi connectivity index (χ1) is 10.2. The van der Waals surface area contributed by atoms with Crippen LogP contribution in [0.4, 0.5) is 5.95 Å². The normalized spacial score (nSPS) is 11.9. The Morgan fingerprint density at radius 1 is 1.36 bits per heavy atom. The molecule has 0 spiro atoms. The molecule has 8 nitrogen and oxygen atoms in total. The Bertz CT molecular complexity index is 792. The van der Waals surface area contributed by atoms with E-state index >= 15 is 0 Å². The Morgan fingerprint density at radius 2 is 2.05 bits per heavy atom. The van der Waals surface area contributed by atoms with Crippen molar-refractivity contribution in [3.63, 3.8) is 0 Å². The average molecular weight is 343 g/mol. The summed E-state index contributed by atoms with van der Waals surface area (Å²) in [6.45, 7) is 5.92. The monoisotopic (exact) mass is 343 g/mol. The van der Waals surface area contributed by atoms with E-state index < -0.39 is 15.7 Å². The van der Waals surface area contributed by atoms with Gasteiger partial charge < -0.3 is 0 Å². The number of aryl methyl sites for hydroxylation is 1. The first-order valence-corrected chi connectivity index (χ1v) is 9.27. The molecule has 0 aromatic carbocycles. The van der Waals surface area contributed by atoms with Crippen LogP contribution in [0.15, 0.2) is 5.16 Å². The van der Waals surface area contributed by atoms with E-state index in [1.54, 1.807) is 6.92 Å². The van der Waals surface area contributed by atoms with E-state index in [2.05, 4.69) is 39.3 Å². The summed E-state index contributed by atoms with van der Waals surface area (Å²) in [4.78, 5) is 20.8. The van der Waals surface area contributed by atoms with Gasteiger partial charge in [-0.05, 0) is 12.8 Å². The molecule has 0 fully saturated rings. The Kier molecular flexibility index (Phi) is 4.61. The number of aromatic amines is 1. The van der Waals surface area contributed by atoms with Crippen LogP contribution in [0, 0.1) is 12.8 Å². The number of carbonyl (C=O) groups excluding carboxylic acids is 1. The summed E-state index contributed by atoms with van der Waals surface area (Å²) in [5.41, 5.74) is 0.636. The fourth-order valence-corrected chi connectivity index (χ4v) is 3.36. The Morgan fingerprint density at radius 3 is 2.59 bits per heavy atom. The van der Waals surface area contributed by atoms with E-state index in [9.17, 15) is 13.2 Å². The maximum atomic E-state index is 12.2. The molecule has 2 heterocycles. The lowest BCUT2D eigenvalue weighted by Crippen LogP contribution is -2.12. The molecule has 22 heavy (non-hydrogen) atoms. The second-order valence-electron chi connectivity index (χ2n) is 5.31. The number of carbonyl (C=O) groups is 1. The largest absolute Gasteiger partial charge is 0.288 e. The van der Waals surface area contributed by atoms with E-state index in [-0.39, 0.29) is 11.1 Å². The van der Waals surface area contributed by atoms with Crippen molar-refractivity contribution in [3.05, 3.63) is 15.6 Å². The van der Waals surface area contributed by atoms with Gasteiger partial charge in [0.1, 0.15) is 4.88 Å². The molecule has 0 bridgehead atoms. The molecule has 2 N–H and O–H groups in total. The number of H-pyrrole nitrogens is 1. The minimum Gasteiger partial charge on any atom is -0.288 e. The lowest BCUT2D eigenvalue weighted by Gasteiger charge is -1.98. The van der Waals surface area contributed by atoms with Gasteiger partial charge in [-0.3, -0.25) is 10.1 Å². The van der Waals surface area contributed by atoms with Crippen LogP contribution >= 0.6 is 11.3 Å². The lowest BCUT2D eigenvalue weighted by molar-refractivity contribution is 0.102. The SMILES string of the molecule is Cc1nc(CC(C)C)sc1C(=O)Nc1n[nH]c(S(C)(=O)=O)n1. The summed E-state index contributed by atoms with van der Waals surface area (Å²) in [6, 6.07) is 0. The molecule has 0 aliphatic heterocycles. The van der Waals surface area contributed by atoms with E-state index in [1.807, 2.05) is 0 Å². The summed E-state index contributed by atoms with van der Waals surface area (Å²) in [6.07, 6.45) is 1.81. The van der Waals surface area contributed by atoms with E-state index in [4.69, 9.17) is 0 Å². The van der Waals surface area contributed by atoms with Gasteiger partial charge in [0.2, 0.25) is 20.9 Å². The zero-order valence-corrected chi connectivity index (χ0v) is 14.3. The number of amides is 1. The van der Waals surface area contributed by atoms with Crippen molar-refractivity contribution in [2.45, 2.75) is 32.3 Å². The summed E-state index contributed by atoms with van der Waals surface area (Å²) >= 11 is 1.32. The minimum atomic E-state index is -3.49. The Balaban J connectivity index is 2.15. The van der Waals surface area contributed by atoms with E-state index in [0.29, 0.717) is 16.5 Å². The van der Waals surface area contributed by atoms with E-state index in [1.165, 1.54) is 11.3 Å². The van der Waals surface area contributed by atoms with Crippen LogP contribution in [-0.2, 0) is 16.3 Å². The van der Waals surface area contributed by atoms with E-state index in [0.717, 1.165) is 17.7 Å². The highest BCUT2D eigenvalue weighted by atomic mass is 32.2. The Labute approximate surface area is 132 Å². The number of thiazole rings is 1. The fraction of sp³-hybridized carbons (Fsp3) is 0.500. The predicted octanol–water partition coefficient (Wildman–Crippen LogP) is 1.42. The topological polar surface area (TPSA) is 118 Å². The van der Waals surface area contributed by atoms with Crippen molar-refractivity contribution in [1.29, 1.82) is 0 Å². The quantitative estimate of drug-likeness (QED) is 0.848. The van der Waals surface area contributed by atoms with Gasteiger partial charge in [0.05, 0.1) is 10.7 Å². The second-order valence-corrected chi connectivity index (χ2v) is 8.33. The molecule has 1 amide bonds. The summed E-state index contributed by atoms with van der Waals surface area (Å²) < 4.78 is 22.6. The number of hydrogen-bond donors (Lipinski definition) is 2. The molecule has 2 rings (SSSR count). The van der Waals surface area contributed by atoms with Crippen molar-refractivity contribution < 1.29 is 13.2 Å². The van der Waals surface area contributed by atoms with Crippen LogP contribution in [-0.4, -0.2) is 40.7 Å². The number of rotatable bonds is 5. The van der Waals surface area contributed by atoms with Gasteiger partial charge in [-0.25, -0.2) is 18.5 Å². The molecule has 0 saturated heterocycles. The zero-order valence-electron chi connectivity index (χ0n) is 12.7. The van der Waals surface area contributed by atoms with Crippen LogP contribution in [0.1, 0.15) is 34.2 Å². The molecule has 0 aliphatic rings. The summed E-state index contributed by atoms with van der Waals surface area (Å²) in [5.74, 6) is -0.0283. The Hall–Kier alpha value is -1.81. The van der Waals surface area contributed by atoms with Crippen LogP contribution < -0.4 is 5.32 Å². The molecular weight excluding hydrogens is 326 g/mol. The number of hydrogen-bond acceptors (Lipinski definition) is 7. The van der Waals surface area contributed by atoms with Gasteiger partial charge in [0.25, 0.3) is 5.91 Å². The maximum Gasteiger partial charge on any atom is 0.270 e. The van der Waals surface area contributed by atoms with Crippen LogP contribution in [0.5, 0.6) is 0 Å². The van der Waals surface area contributed by atoms with Gasteiger partial charge in [0.15, 0.2) is 0 Å². The van der Waals surface area contributed by atoms with Crippen molar-refractivity contribution in [2.75, 3.05) is 11.6 Å². The third-order valence-corrected chi connectivity index (χ3v) is 4.73. The highest BCUT2D eigenvalue weighted by Gasteiger charge is 2.19. The number of aromatic nitrogens is 4. The van der Waals surface area contributed by atoms with Gasteiger partial charge in [-0.1, -0.05) is 13.8 Å². The molecular formula is C12H17N5O3S2. The molecule has 2 aromatic heterocycles. The number of sulfone groups is 1. The van der Waals surface area contributed by atoms with Crippen molar-refractivity contribution >= 4 is 33.0 Å². The lowest BCUT2D eigenvalue weighted by atomic mass is 10.1. The molecule has 0 aliphatic carbocycles.